The lowest BCUT2D eigenvalue weighted by atomic mass is 10.1. The molecule has 72 valence electrons. The van der Waals surface area contributed by atoms with Crippen LogP contribution in [-0.2, 0) is 6.42 Å². The number of anilines is 1. The van der Waals surface area contributed by atoms with Crippen LogP contribution in [0.15, 0.2) is 18.3 Å². The standard InChI is InChI=1S/C10H16N2S/c1-8(2)6-9-4-5-10(7-11-9)12-13-3/h4-5,7-8,12H,6H2,1-3H3. The van der Waals surface area contributed by atoms with Gasteiger partial charge in [-0.3, -0.25) is 4.98 Å². The van der Waals surface area contributed by atoms with Gasteiger partial charge in [-0.2, -0.15) is 0 Å². The highest BCUT2D eigenvalue weighted by atomic mass is 32.2. The molecule has 2 nitrogen and oxygen atoms in total. The molecule has 0 atom stereocenters. The van der Waals surface area contributed by atoms with Crippen molar-refractivity contribution in [2.75, 3.05) is 11.0 Å². The second-order valence-corrected chi connectivity index (χ2v) is 4.05. The summed E-state index contributed by atoms with van der Waals surface area (Å²) in [6.45, 7) is 4.41. The first-order chi connectivity index (χ1) is 6.22. The van der Waals surface area contributed by atoms with Crippen LogP contribution in [0.4, 0.5) is 5.69 Å². The normalized spacial score (nSPS) is 10.5. The minimum absolute atomic E-state index is 0.673. The molecule has 0 aliphatic rings. The number of hydrogen-bond donors (Lipinski definition) is 1. The smallest absolute Gasteiger partial charge is 0.0625 e. The van der Waals surface area contributed by atoms with E-state index in [0.29, 0.717) is 5.92 Å². The Morgan fingerprint density at radius 1 is 1.46 bits per heavy atom. The van der Waals surface area contributed by atoms with Crippen LogP contribution in [0.5, 0.6) is 0 Å². The molecule has 1 rings (SSSR count). The summed E-state index contributed by atoms with van der Waals surface area (Å²) in [5.41, 5.74) is 2.24. The van der Waals surface area contributed by atoms with E-state index in [1.165, 1.54) is 5.69 Å². The Morgan fingerprint density at radius 2 is 2.23 bits per heavy atom. The minimum atomic E-state index is 0.673. The SMILES string of the molecule is CSNc1ccc(CC(C)C)nc1. The third-order valence-corrected chi connectivity index (χ3v) is 2.10. The first kappa shape index (κ1) is 10.4. The summed E-state index contributed by atoms with van der Waals surface area (Å²) in [5.74, 6) is 0.673. The van der Waals surface area contributed by atoms with E-state index in [1.807, 2.05) is 12.5 Å². The highest BCUT2D eigenvalue weighted by molar-refractivity contribution is 7.99. The van der Waals surface area contributed by atoms with Gasteiger partial charge in [0.25, 0.3) is 0 Å². The Kier molecular flexibility index (Phi) is 4.09. The maximum absolute atomic E-state index is 4.36. The molecule has 1 heterocycles. The van der Waals surface area contributed by atoms with Crippen molar-refractivity contribution in [3.05, 3.63) is 24.0 Å². The Hall–Kier alpha value is -0.700. The Bertz CT molecular complexity index is 244. The van der Waals surface area contributed by atoms with Crippen LogP contribution in [0.25, 0.3) is 0 Å². The van der Waals surface area contributed by atoms with E-state index in [4.69, 9.17) is 0 Å². The van der Waals surface area contributed by atoms with Crippen molar-refractivity contribution in [2.24, 2.45) is 5.92 Å². The van der Waals surface area contributed by atoms with Gasteiger partial charge in [0, 0.05) is 11.9 Å². The van der Waals surface area contributed by atoms with Gasteiger partial charge < -0.3 is 4.72 Å². The highest BCUT2D eigenvalue weighted by Crippen LogP contribution is 2.11. The van der Waals surface area contributed by atoms with Gasteiger partial charge in [0.05, 0.1) is 11.9 Å². The molecule has 0 fully saturated rings. The van der Waals surface area contributed by atoms with E-state index < -0.39 is 0 Å². The molecule has 0 amide bonds. The molecule has 0 aliphatic heterocycles. The van der Waals surface area contributed by atoms with Gasteiger partial charge in [-0.15, -0.1) is 0 Å². The molecule has 3 heteroatoms. The van der Waals surface area contributed by atoms with E-state index in [2.05, 4.69) is 35.7 Å². The van der Waals surface area contributed by atoms with Gasteiger partial charge >= 0.3 is 0 Å². The zero-order chi connectivity index (χ0) is 9.68. The zero-order valence-corrected chi connectivity index (χ0v) is 9.19. The summed E-state index contributed by atoms with van der Waals surface area (Å²) in [6.07, 6.45) is 4.94. The Morgan fingerprint density at radius 3 is 2.69 bits per heavy atom. The van der Waals surface area contributed by atoms with Crippen LogP contribution in [0, 0.1) is 5.92 Å². The second-order valence-electron chi connectivity index (χ2n) is 3.44. The lowest BCUT2D eigenvalue weighted by Gasteiger charge is -2.05. The summed E-state index contributed by atoms with van der Waals surface area (Å²) >= 11 is 1.58. The molecule has 0 saturated carbocycles. The molecule has 0 unspecified atom stereocenters. The van der Waals surface area contributed by atoms with Crippen molar-refractivity contribution < 1.29 is 0 Å². The number of hydrogen-bond acceptors (Lipinski definition) is 3. The van der Waals surface area contributed by atoms with Gasteiger partial charge in [-0.05, 0) is 24.5 Å². The number of nitrogens with zero attached hydrogens (tertiary/aromatic N) is 1. The van der Waals surface area contributed by atoms with Crippen LogP contribution in [-0.4, -0.2) is 11.2 Å². The van der Waals surface area contributed by atoms with Crippen LogP contribution >= 0.6 is 11.9 Å². The molecule has 0 spiro atoms. The number of nitrogens with one attached hydrogen (secondary N) is 1. The number of pyridine rings is 1. The monoisotopic (exact) mass is 196 g/mol. The maximum atomic E-state index is 4.36. The van der Waals surface area contributed by atoms with Gasteiger partial charge in [0.1, 0.15) is 0 Å². The van der Waals surface area contributed by atoms with Crippen molar-refractivity contribution in [1.29, 1.82) is 0 Å². The third-order valence-electron chi connectivity index (χ3n) is 1.66. The highest BCUT2D eigenvalue weighted by Gasteiger charge is 1.98. The van der Waals surface area contributed by atoms with E-state index in [9.17, 15) is 0 Å². The summed E-state index contributed by atoms with van der Waals surface area (Å²) in [6, 6.07) is 4.15. The molecular formula is C10H16N2S. The number of aromatic nitrogens is 1. The third kappa shape index (κ3) is 3.68. The minimum Gasteiger partial charge on any atom is -0.329 e. The van der Waals surface area contributed by atoms with Gasteiger partial charge in [-0.1, -0.05) is 25.8 Å². The van der Waals surface area contributed by atoms with Crippen molar-refractivity contribution in [3.8, 4) is 0 Å². The van der Waals surface area contributed by atoms with Crippen molar-refractivity contribution in [1.82, 2.24) is 4.98 Å². The molecule has 13 heavy (non-hydrogen) atoms. The van der Waals surface area contributed by atoms with Crippen molar-refractivity contribution in [2.45, 2.75) is 20.3 Å². The molecule has 1 aromatic rings. The summed E-state index contributed by atoms with van der Waals surface area (Å²) < 4.78 is 3.14. The summed E-state index contributed by atoms with van der Waals surface area (Å²) in [5, 5.41) is 0. The van der Waals surface area contributed by atoms with Gasteiger partial charge in [-0.25, -0.2) is 0 Å². The largest absolute Gasteiger partial charge is 0.329 e. The van der Waals surface area contributed by atoms with Crippen molar-refractivity contribution >= 4 is 17.6 Å². The van der Waals surface area contributed by atoms with Crippen molar-refractivity contribution in [3.63, 3.8) is 0 Å². The average Bonchev–Trinajstić information content (AvgIpc) is 2.08. The van der Waals surface area contributed by atoms with Crippen LogP contribution in [0.2, 0.25) is 0 Å². The lowest BCUT2D eigenvalue weighted by Crippen LogP contribution is -1.97. The molecule has 1 aromatic heterocycles. The topological polar surface area (TPSA) is 24.9 Å². The molecule has 0 saturated heterocycles. The molecule has 0 radical (unpaired) electrons. The quantitative estimate of drug-likeness (QED) is 0.749. The predicted molar refractivity (Wildman–Crippen MR) is 59.9 cm³/mol. The fourth-order valence-electron chi connectivity index (χ4n) is 1.14. The van der Waals surface area contributed by atoms with Gasteiger partial charge in [0.15, 0.2) is 0 Å². The van der Waals surface area contributed by atoms with E-state index >= 15 is 0 Å². The van der Waals surface area contributed by atoms with Crippen LogP contribution in [0.1, 0.15) is 19.5 Å². The molecular weight excluding hydrogens is 180 g/mol. The van der Waals surface area contributed by atoms with E-state index in [-0.39, 0.29) is 0 Å². The molecule has 0 aliphatic carbocycles. The zero-order valence-electron chi connectivity index (χ0n) is 8.37. The van der Waals surface area contributed by atoms with Gasteiger partial charge in [0.2, 0.25) is 0 Å². The summed E-state index contributed by atoms with van der Waals surface area (Å²) in [7, 11) is 0. The fourth-order valence-corrected chi connectivity index (χ4v) is 1.50. The Balaban J connectivity index is 2.59. The Labute approximate surface area is 84.3 Å². The second kappa shape index (κ2) is 5.12. The molecule has 0 bridgehead atoms. The first-order valence-electron chi connectivity index (χ1n) is 4.46. The van der Waals surface area contributed by atoms with E-state index in [1.54, 1.807) is 11.9 Å². The fraction of sp³-hybridized carbons (Fsp3) is 0.500. The molecule has 0 aromatic carbocycles. The number of rotatable bonds is 4. The maximum Gasteiger partial charge on any atom is 0.0625 e. The van der Waals surface area contributed by atoms with Crippen LogP contribution < -0.4 is 4.72 Å². The summed E-state index contributed by atoms with van der Waals surface area (Å²) in [4.78, 5) is 4.36. The van der Waals surface area contributed by atoms with E-state index in [0.717, 1.165) is 12.1 Å². The molecule has 1 N–H and O–H groups in total. The lowest BCUT2D eigenvalue weighted by molar-refractivity contribution is 0.635. The van der Waals surface area contributed by atoms with Crippen LogP contribution in [0.3, 0.4) is 0 Å². The predicted octanol–water partition coefficient (Wildman–Crippen LogP) is 2.97. The average molecular weight is 196 g/mol. The first-order valence-corrected chi connectivity index (χ1v) is 5.68.